The molecule has 0 bridgehead atoms. The molecular weight excluding hydrogens is 324 g/mol. The van der Waals surface area contributed by atoms with Gasteiger partial charge in [0.05, 0.1) is 17.9 Å². The number of rotatable bonds is 6. The number of benzene rings is 1. The maximum Gasteiger partial charge on any atom is 0.398 e. The molecule has 0 aliphatic heterocycles. The molecule has 1 aromatic rings. The molecule has 0 N–H and O–H groups in total. The van der Waals surface area contributed by atoms with Gasteiger partial charge in [0.1, 0.15) is 12.2 Å². The van der Waals surface area contributed by atoms with Crippen LogP contribution >= 0.6 is 11.8 Å². The third-order valence-corrected chi connectivity index (χ3v) is 3.79. The maximum atomic E-state index is 13.8. The number of alkyl halides is 3. The van der Waals surface area contributed by atoms with Crippen LogP contribution in [-0.2, 0) is 9.53 Å². The van der Waals surface area contributed by atoms with E-state index < -0.39 is 41.5 Å². The predicted octanol–water partition coefficient (Wildman–Crippen LogP) is 3.92. The topological polar surface area (TPSA) is 43.4 Å². The number of ether oxygens (including phenoxy) is 1. The first-order chi connectivity index (χ1) is 10.1. The number of hydrogen-bond donors (Lipinski definition) is 0. The van der Waals surface area contributed by atoms with E-state index in [0.717, 1.165) is 12.1 Å². The van der Waals surface area contributed by atoms with Crippen molar-refractivity contribution in [3.63, 3.8) is 0 Å². The quantitative estimate of drug-likeness (QED) is 0.259. The molecule has 122 valence electrons. The van der Waals surface area contributed by atoms with Crippen LogP contribution in [0.3, 0.4) is 0 Å². The molecule has 1 aromatic carbocycles. The highest BCUT2D eigenvalue weighted by molar-refractivity contribution is 7.99. The molecule has 1 rings (SSSR count). The van der Waals surface area contributed by atoms with Gasteiger partial charge in [-0.1, -0.05) is 0 Å². The lowest BCUT2D eigenvalue weighted by Gasteiger charge is -2.11. The van der Waals surface area contributed by atoms with Gasteiger partial charge in [-0.2, -0.15) is 13.2 Å². The van der Waals surface area contributed by atoms with E-state index in [1.165, 1.54) is 6.92 Å². The fourth-order valence-corrected chi connectivity index (χ4v) is 2.43. The number of carbonyl (C=O) groups is 2. The highest BCUT2D eigenvalue weighted by Gasteiger charge is 2.28. The van der Waals surface area contributed by atoms with E-state index in [4.69, 9.17) is 0 Å². The first-order valence-corrected chi connectivity index (χ1v) is 7.31. The van der Waals surface area contributed by atoms with Crippen molar-refractivity contribution in [1.29, 1.82) is 0 Å². The number of thioether (sulfide) groups is 1. The molecule has 0 saturated carbocycles. The lowest BCUT2D eigenvalue weighted by Crippen LogP contribution is -2.13. The number of Topliss-reactive ketones (excluding diaryl/α,β-unsaturated/α-hetero) is 1. The number of esters is 1. The van der Waals surface area contributed by atoms with Crippen molar-refractivity contribution in [2.75, 3.05) is 12.4 Å². The van der Waals surface area contributed by atoms with Crippen LogP contribution in [0.5, 0.6) is 0 Å². The molecule has 22 heavy (non-hydrogen) atoms. The zero-order valence-electron chi connectivity index (χ0n) is 11.9. The average Bonchev–Trinajstić information content (AvgIpc) is 2.36. The molecule has 0 aromatic heterocycles. The van der Waals surface area contributed by atoms with Gasteiger partial charge in [0.25, 0.3) is 0 Å². The molecular formula is C14H14F4O3S. The largest absolute Gasteiger partial charge is 0.466 e. The van der Waals surface area contributed by atoms with Gasteiger partial charge in [-0.05, 0) is 31.5 Å². The number of ketones is 1. The number of halogens is 4. The molecule has 0 atom stereocenters. The van der Waals surface area contributed by atoms with Crippen LogP contribution in [0, 0.1) is 12.7 Å². The van der Waals surface area contributed by atoms with E-state index in [-0.39, 0.29) is 11.5 Å². The fraction of sp³-hybridized carbons (Fsp3) is 0.429. The SMILES string of the molecule is CCOC(=O)CC(=O)c1cc(SCC(F)(F)F)c(C)cc1F. The van der Waals surface area contributed by atoms with Gasteiger partial charge in [-0.3, -0.25) is 9.59 Å². The summed E-state index contributed by atoms with van der Waals surface area (Å²) < 4.78 is 55.1. The van der Waals surface area contributed by atoms with Crippen molar-refractivity contribution in [1.82, 2.24) is 0 Å². The monoisotopic (exact) mass is 338 g/mol. The van der Waals surface area contributed by atoms with E-state index in [0.29, 0.717) is 17.3 Å². The Hall–Kier alpha value is -1.57. The average molecular weight is 338 g/mol. The van der Waals surface area contributed by atoms with Crippen molar-refractivity contribution in [2.45, 2.75) is 31.3 Å². The van der Waals surface area contributed by atoms with Crippen molar-refractivity contribution in [3.05, 3.63) is 29.1 Å². The summed E-state index contributed by atoms with van der Waals surface area (Å²) in [5.41, 5.74) is -0.122. The van der Waals surface area contributed by atoms with Crippen molar-refractivity contribution in [3.8, 4) is 0 Å². The predicted molar refractivity (Wildman–Crippen MR) is 73.5 cm³/mol. The minimum absolute atomic E-state index is 0.0785. The van der Waals surface area contributed by atoms with E-state index in [2.05, 4.69) is 4.74 Å². The lowest BCUT2D eigenvalue weighted by molar-refractivity contribution is -0.142. The summed E-state index contributed by atoms with van der Waals surface area (Å²) in [5, 5.41) is 0. The molecule has 0 aliphatic rings. The second kappa shape index (κ2) is 7.62. The zero-order chi connectivity index (χ0) is 16.9. The van der Waals surface area contributed by atoms with Crippen LogP contribution in [0.4, 0.5) is 17.6 Å². The lowest BCUT2D eigenvalue weighted by atomic mass is 10.1. The molecule has 8 heteroatoms. The Bertz CT molecular complexity index is 570. The molecule has 0 unspecified atom stereocenters. The summed E-state index contributed by atoms with van der Waals surface area (Å²) in [6, 6.07) is 2.03. The summed E-state index contributed by atoms with van der Waals surface area (Å²) >= 11 is 0.463. The first kappa shape index (κ1) is 18.5. The normalized spacial score (nSPS) is 11.4. The summed E-state index contributed by atoms with van der Waals surface area (Å²) in [6.07, 6.45) is -5.03. The molecule has 3 nitrogen and oxygen atoms in total. The Balaban J connectivity index is 2.95. The molecule has 0 saturated heterocycles. The van der Waals surface area contributed by atoms with Crippen LogP contribution in [0.25, 0.3) is 0 Å². The van der Waals surface area contributed by atoms with Crippen molar-refractivity contribution >= 4 is 23.5 Å². The summed E-state index contributed by atoms with van der Waals surface area (Å²) in [7, 11) is 0. The van der Waals surface area contributed by atoms with E-state index in [1.807, 2.05) is 0 Å². The van der Waals surface area contributed by atoms with Crippen molar-refractivity contribution < 1.29 is 31.9 Å². The third-order valence-electron chi connectivity index (χ3n) is 2.57. The molecule has 0 fully saturated rings. The Morgan fingerprint density at radius 1 is 1.27 bits per heavy atom. The summed E-state index contributed by atoms with van der Waals surface area (Å²) in [6.45, 7) is 3.08. The number of carbonyl (C=O) groups excluding carboxylic acids is 2. The maximum absolute atomic E-state index is 13.8. The number of aryl methyl sites for hydroxylation is 1. The zero-order valence-corrected chi connectivity index (χ0v) is 12.7. The summed E-state index contributed by atoms with van der Waals surface area (Å²) in [4.78, 5) is 23.2. The highest BCUT2D eigenvalue weighted by Crippen LogP contribution is 2.31. The molecule has 0 radical (unpaired) electrons. The van der Waals surface area contributed by atoms with Gasteiger partial charge in [-0.15, -0.1) is 11.8 Å². The van der Waals surface area contributed by atoms with Crippen molar-refractivity contribution in [2.24, 2.45) is 0 Å². The standard InChI is InChI=1S/C14H14F4O3S/c1-3-21-13(20)6-11(19)9-5-12(8(2)4-10(9)15)22-7-14(16,17)18/h4-5H,3,6-7H2,1-2H3. The molecule has 0 spiro atoms. The Morgan fingerprint density at radius 2 is 1.91 bits per heavy atom. The summed E-state index contributed by atoms with van der Waals surface area (Å²) in [5.74, 6) is -3.66. The van der Waals surface area contributed by atoms with E-state index >= 15 is 0 Å². The molecule has 0 heterocycles. The van der Waals surface area contributed by atoms with Gasteiger partial charge in [0, 0.05) is 4.90 Å². The van der Waals surface area contributed by atoms with Gasteiger partial charge in [0.15, 0.2) is 5.78 Å². The van der Waals surface area contributed by atoms with E-state index in [9.17, 15) is 27.2 Å². The van der Waals surface area contributed by atoms with Crippen LogP contribution in [0.1, 0.15) is 29.3 Å². The second-order valence-electron chi connectivity index (χ2n) is 4.41. The van der Waals surface area contributed by atoms with Crippen LogP contribution in [-0.4, -0.2) is 30.3 Å². The third kappa shape index (κ3) is 5.67. The van der Waals surface area contributed by atoms with Crippen LogP contribution in [0.2, 0.25) is 0 Å². The van der Waals surface area contributed by atoms with Gasteiger partial charge < -0.3 is 4.74 Å². The van der Waals surface area contributed by atoms with Crippen LogP contribution < -0.4 is 0 Å². The minimum atomic E-state index is -4.37. The Kier molecular flexibility index (Phi) is 6.40. The van der Waals surface area contributed by atoms with Gasteiger partial charge >= 0.3 is 12.1 Å². The Morgan fingerprint density at radius 3 is 2.45 bits per heavy atom. The van der Waals surface area contributed by atoms with Gasteiger partial charge in [-0.25, -0.2) is 4.39 Å². The smallest absolute Gasteiger partial charge is 0.398 e. The first-order valence-electron chi connectivity index (χ1n) is 6.32. The van der Waals surface area contributed by atoms with Crippen LogP contribution in [0.15, 0.2) is 17.0 Å². The van der Waals surface area contributed by atoms with E-state index in [1.54, 1.807) is 6.92 Å². The minimum Gasteiger partial charge on any atom is -0.466 e. The fourth-order valence-electron chi connectivity index (χ4n) is 1.62. The second-order valence-corrected chi connectivity index (χ2v) is 5.42. The van der Waals surface area contributed by atoms with Gasteiger partial charge in [0.2, 0.25) is 0 Å². The molecule has 0 amide bonds. The Labute approximate surface area is 129 Å². The molecule has 0 aliphatic carbocycles. The highest BCUT2D eigenvalue weighted by atomic mass is 32.2. The number of hydrogen-bond acceptors (Lipinski definition) is 4.